The smallest absolute Gasteiger partial charge is 0.222 e. The normalized spacial score (nSPS) is 16.7. The Morgan fingerprint density at radius 3 is 2.46 bits per heavy atom. The Balaban J connectivity index is 1.65. The number of carbonyl (C=O) groups is 1. The molecule has 138 valence electrons. The Labute approximate surface area is 160 Å². The van der Waals surface area contributed by atoms with Crippen LogP contribution in [0.1, 0.15) is 49.3 Å². The van der Waals surface area contributed by atoms with Crippen molar-refractivity contribution in [3.63, 3.8) is 0 Å². The highest BCUT2D eigenvalue weighted by Crippen LogP contribution is 2.23. The molecular weight excluding hydrogens is 346 g/mol. The van der Waals surface area contributed by atoms with Gasteiger partial charge in [-0.15, -0.1) is 0 Å². The summed E-state index contributed by atoms with van der Waals surface area (Å²) in [5.74, 6) is 0.0676. The van der Waals surface area contributed by atoms with E-state index in [-0.39, 0.29) is 11.9 Å². The summed E-state index contributed by atoms with van der Waals surface area (Å²) in [7, 11) is 0. The van der Waals surface area contributed by atoms with Crippen LogP contribution in [0.4, 0.5) is 0 Å². The number of hydrogen-bond donors (Lipinski definition) is 1. The van der Waals surface area contributed by atoms with E-state index in [1.54, 1.807) is 12.4 Å². The Kier molecular flexibility index (Phi) is 7.04. The van der Waals surface area contributed by atoms with Crippen molar-refractivity contribution in [3.05, 3.63) is 64.9 Å². The number of nitrogens with one attached hydrogen (secondary N) is 1. The zero-order chi connectivity index (χ0) is 18.2. The second-order valence-corrected chi connectivity index (χ2v) is 7.28. The lowest BCUT2D eigenvalue weighted by molar-refractivity contribution is -0.121. The zero-order valence-electron chi connectivity index (χ0n) is 15.0. The van der Waals surface area contributed by atoms with Crippen LogP contribution in [0.2, 0.25) is 5.02 Å². The molecule has 1 N–H and O–H groups in total. The van der Waals surface area contributed by atoms with Crippen LogP contribution >= 0.6 is 11.6 Å². The maximum absolute atomic E-state index is 12.6. The number of aromatic nitrogens is 1. The van der Waals surface area contributed by atoms with Crippen molar-refractivity contribution in [2.24, 2.45) is 0 Å². The average molecular weight is 372 g/mol. The number of benzene rings is 1. The topological polar surface area (TPSA) is 45.2 Å². The first-order valence-electron chi connectivity index (χ1n) is 9.39. The molecule has 0 spiro atoms. The number of hydrogen-bond acceptors (Lipinski definition) is 3. The number of amides is 1. The highest BCUT2D eigenvalue weighted by molar-refractivity contribution is 6.30. The molecule has 4 nitrogen and oxygen atoms in total. The molecule has 0 unspecified atom stereocenters. The Morgan fingerprint density at radius 1 is 1.08 bits per heavy atom. The van der Waals surface area contributed by atoms with Crippen LogP contribution in [0.25, 0.3) is 0 Å². The number of rotatable bonds is 6. The Bertz CT molecular complexity index is 682. The molecule has 0 bridgehead atoms. The number of likely N-dealkylation sites (tertiary alicyclic amines) is 1. The van der Waals surface area contributed by atoms with Crippen molar-refractivity contribution >= 4 is 17.5 Å². The second kappa shape index (κ2) is 9.70. The molecule has 1 atom stereocenters. The summed E-state index contributed by atoms with van der Waals surface area (Å²) in [5.41, 5.74) is 1.98. The van der Waals surface area contributed by atoms with E-state index in [0.717, 1.165) is 30.8 Å². The summed E-state index contributed by atoms with van der Waals surface area (Å²) < 4.78 is 0. The first-order valence-corrected chi connectivity index (χ1v) is 9.77. The van der Waals surface area contributed by atoms with Crippen LogP contribution in [-0.4, -0.2) is 35.4 Å². The van der Waals surface area contributed by atoms with Crippen molar-refractivity contribution in [2.45, 2.75) is 38.1 Å². The van der Waals surface area contributed by atoms with E-state index in [4.69, 9.17) is 11.6 Å². The molecule has 0 radical (unpaired) electrons. The monoisotopic (exact) mass is 371 g/mol. The molecule has 1 amide bonds. The number of halogens is 1. The van der Waals surface area contributed by atoms with Gasteiger partial charge < -0.3 is 10.2 Å². The van der Waals surface area contributed by atoms with Crippen molar-refractivity contribution in [1.29, 1.82) is 0 Å². The maximum atomic E-state index is 12.6. The van der Waals surface area contributed by atoms with Gasteiger partial charge in [0.05, 0.1) is 6.04 Å². The van der Waals surface area contributed by atoms with Gasteiger partial charge in [0.15, 0.2) is 0 Å². The van der Waals surface area contributed by atoms with Crippen LogP contribution in [0, 0.1) is 0 Å². The van der Waals surface area contributed by atoms with Gasteiger partial charge >= 0.3 is 0 Å². The molecule has 3 rings (SSSR count). The molecule has 1 aliphatic rings. The minimum atomic E-state index is -0.211. The summed E-state index contributed by atoms with van der Waals surface area (Å²) in [6, 6.07) is 11.3. The predicted molar refractivity (Wildman–Crippen MR) is 105 cm³/mol. The molecule has 2 heterocycles. The van der Waals surface area contributed by atoms with Gasteiger partial charge in [-0.2, -0.15) is 0 Å². The van der Waals surface area contributed by atoms with Crippen molar-refractivity contribution in [3.8, 4) is 0 Å². The van der Waals surface area contributed by atoms with Gasteiger partial charge in [0.1, 0.15) is 0 Å². The average Bonchev–Trinajstić information content (AvgIpc) is 2.95. The zero-order valence-corrected chi connectivity index (χ0v) is 15.8. The van der Waals surface area contributed by atoms with Gasteiger partial charge in [0, 0.05) is 30.4 Å². The van der Waals surface area contributed by atoms with Crippen LogP contribution in [0.5, 0.6) is 0 Å². The molecule has 1 aliphatic heterocycles. The highest BCUT2D eigenvalue weighted by atomic mass is 35.5. The predicted octanol–water partition coefficient (Wildman–Crippen LogP) is 4.21. The van der Waals surface area contributed by atoms with Gasteiger partial charge in [0.25, 0.3) is 0 Å². The largest absolute Gasteiger partial charge is 0.345 e. The lowest BCUT2D eigenvalue weighted by Crippen LogP contribution is -2.34. The van der Waals surface area contributed by atoms with Crippen LogP contribution < -0.4 is 5.32 Å². The fourth-order valence-electron chi connectivity index (χ4n) is 3.41. The minimum Gasteiger partial charge on any atom is -0.345 e. The third kappa shape index (κ3) is 5.55. The molecule has 0 aliphatic carbocycles. The Hall–Kier alpha value is -1.91. The van der Waals surface area contributed by atoms with Crippen LogP contribution in [-0.2, 0) is 4.79 Å². The second-order valence-electron chi connectivity index (χ2n) is 6.84. The molecule has 1 aromatic heterocycles. The number of pyridine rings is 1. The van der Waals surface area contributed by atoms with E-state index >= 15 is 0 Å². The third-order valence-corrected chi connectivity index (χ3v) is 5.13. The van der Waals surface area contributed by atoms with Crippen LogP contribution in [0.3, 0.4) is 0 Å². The maximum Gasteiger partial charge on any atom is 0.222 e. The molecule has 26 heavy (non-hydrogen) atoms. The molecule has 1 aromatic carbocycles. The van der Waals surface area contributed by atoms with Gasteiger partial charge in [-0.05, 0) is 55.3 Å². The first-order chi connectivity index (χ1) is 12.7. The van der Waals surface area contributed by atoms with E-state index in [2.05, 4.69) is 15.2 Å². The fourth-order valence-corrected chi connectivity index (χ4v) is 3.54. The SMILES string of the molecule is O=C(CCN1CCCCCC1)N[C@@H](c1ccc(Cl)cc1)c1cccnc1. The van der Waals surface area contributed by atoms with Gasteiger partial charge in [-0.3, -0.25) is 9.78 Å². The van der Waals surface area contributed by atoms with E-state index < -0.39 is 0 Å². The minimum absolute atomic E-state index is 0.0676. The summed E-state index contributed by atoms with van der Waals surface area (Å²) in [4.78, 5) is 19.2. The molecule has 2 aromatic rings. The summed E-state index contributed by atoms with van der Waals surface area (Å²) >= 11 is 6.01. The van der Waals surface area contributed by atoms with Gasteiger partial charge in [-0.1, -0.05) is 42.6 Å². The van der Waals surface area contributed by atoms with Crippen LogP contribution in [0.15, 0.2) is 48.8 Å². The third-order valence-electron chi connectivity index (χ3n) is 4.88. The molecule has 1 saturated heterocycles. The molecule has 5 heteroatoms. The standard InChI is InChI=1S/C21H26ClN3O/c22-19-9-7-17(8-10-19)21(18-6-5-12-23-16-18)24-20(26)11-15-25-13-3-1-2-4-14-25/h5-10,12,16,21H,1-4,11,13-15H2,(H,24,26)/t21-/m0/s1. The molecule has 1 fully saturated rings. The van der Waals surface area contributed by atoms with E-state index in [0.29, 0.717) is 11.4 Å². The quantitative estimate of drug-likeness (QED) is 0.827. The van der Waals surface area contributed by atoms with Crippen molar-refractivity contribution in [1.82, 2.24) is 15.2 Å². The van der Waals surface area contributed by atoms with Gasteiger partial charge in [0.2, 0.25) is 5.91 Å². The number of nitrogens with zero attached hydrogens (tertiary/aromatic N) is 2. The van der Waals surface area contributed by atoms with Crippen molar-refractivity contribution in [2.75, 3.05) is 19.6 Å². The summed E-state index contributed by atoms with van der Waals surface area (Å²) in [6.07, 6.45) is 9.16. The Morgan fingerprint density at radius 2 is 1.81 bits per heavy atom. The summed E-state index contributed by atoms with van der Waals surface area (Å²) in [6.45, 7) is 3.04. The molecular formula is C21H26ClN3O. The van der Waals surface area contributed by atoms with E-state index in [9.17, 15) is 4.79 Å². The summed E-state index contributed by atoms with van der Waals surface area (Å²) in [5, 5.41) is 3.86. The fraction of sp³-hybridized carbons (Fsp3) is 0.429. The highest BCUT2D eigenvalue weighted by Gasteiger charge is 2.18. The van der Waals surface area contributed by atoms with E-state index in [1.165, 1.54) is 25.7 Å². The lowest BCUT2D eigenvalue weighted by Gasteiger charge is -2.22. The van der Waals surface area contributed by atoms with E-state index in [1.807, 2.05) is 36.4 Å². The van der Waals surface area contributed by atoms with Gasteiger partial charge in [-0.25, -0.2) is 0 Å². The lowest BCUT2D eigenvalue weighted by atomic mass is 10.00. The molecule has 0 saturated carbocycles. The number of carbonyl (C=O) groups excluding carboxylic acids is 1. The van der Waals surface area contributed by atoms with Crippen molar-refractivity contribution < 1.29 is 4.79 Å². The first kappa shape index (κ1) is 18.9.